The van der Waals surface area contributed by atoms with Crippen molar-refractivity contribution in [3.8, 4) is 11.5 Å². The molecule has 0 aromatic heterocycles. The van der Waals surface area contributed by atoms with Crippen LogP contribution in [0, 0.1) is 6.92 Å². The summed E-state index contributed by atoms with van der Waals surface area (Å²) >= 11 is 12.2. The fourth-order valence-corrected chi connectivity index (χ4v) is 3.01. The lowest BCUT2D eigenvalue weighted by atomic mass is 10.0. The minimum Gasteiger partial charge on any atom is -0.457 e. The van der Waals surface area contributed by atoms with E-state index in [1.165, 1.54) is 12.1 Å². The molecule has 3 aromatic rings. The monoisotopic (exact) mass is 370 g/mol. The summed E-state index contributed by atoms with van der Waals surface area (Å²) in [5.41, 5.74) is 0.0983. The van der Waals surface area contributed by atoms with Crippen molar-refractivity contribution in [2.75, 3.05) is 0 Å². The molecule has 1 nitrogen and oxygen atoms in total. The van der Waals surface area contributed by atoms with Gasteiger partial charge in [-0.2, -0.15) is 13.2 Å². The largest absolute Gasteiger partial charge is 0.457 e. The van der Waals surface area contributed by atoms with E-state index in [9.17, 15) is 13.2 Å². The highest BCUT2D eigenvalue weighted by molar-refractivity contribution is 6.38. The molecule has 0 aliphatic rings. The molecule has 0 heterocycles. The first-order valence-electron chi connectivity index (χ1n) is 6.98. The zero-order valence-electron chi connectivity index (χ0n) is 12.4. The summed E-state index contributed by atoms with van der Waals surface area (Å²) in [5.74, 6) is 0.511. The van der Waals surface area contributed by atoms with E-state index in [2.05, 4.69) is 0 Å². The number of hydrogen-bond donors (Lipinski definition) is 0. The van der Waals surface area contributed by atoms with Gasteiger partial charge in [-0.1, -0.05) is 29.3 Å². The van der Waals surface area contributed by atoms with Crippen molar-refractivity contribution in [1.29, 1.82) is 0 Å². The van der Waals surface area contributed by atoms with Crippen LogP contribution < -0.4 is 4.74 Å². The van der Waals surface area contributed by atoms with Gasteiger partial charge in [0.05, 0.1) is 10.6 Å². The van der Waals surface area contributed by atoms with Crippen molar-refractivity contribution in [1.82, 2.24) is 0 Å². The number of benzene rings is 3. The maximum atomic E-state index is 12.8. The number of ether oxygens (including phenoxy) is 1. The smallest absolute Gasteiger partial charge is 0.416 e. The van der Waals surface area contributed by atoms with Crippen LogP contribution in [-0.2, 0) is 6.18 Å². The zero-order chi connectivity index (χ0) is 17.5. The number of fused-ring (bicyclic) bond motifs is 1. The van der Waals surface area contributed by atoms with Gasteiger partial charge >= 0.3 is 6.18 Å². The van der Waals surface area contributed by atoms with Crippen LogP contribution in [0.15, 0.2) is 48.5 Å². The van der Waals surface area contributed by atoms with Gasteiger partial charge in [0.25, 0.3) is 0 Å². The highest BCUT2D eigenvalue weighted by Gasteiger charge is 2.30. The molecule has 0 saturated heterocycles. The fraction of sp³-hybridized carbons (Fsp3) is 0.111. The molecule has 0 saturated carbocycles. The molecule has 24 heavy (non-hydrogen) atoms. The van der Waals surface area contributed by atoms with Gasteiger partial charge in [0.15, 0.2) is 0 Å². The Bertz CT molecular complexity index is 920. The van der Waals surface area contributed by atoms with Crippen molar-refractivity contribution >= 4 is 34.0 Å². The topological polar surface area (TPSA) is 9.23 Å². The Morgan fingerprint density at radius 1 is 0.875 bits per heavy atom. The second kappa shape index (κ2) is 6.19. The van der Waals surface area contributed by atoms with Crippen molar-refractivity contribution in [2.24, 2.45) is 0 Å². The van der Waals surface area contributed by atoms with E-state index in [4.69, 9.17) is 27.9 Å². The van der Waals surface area contributed by atoms with Crippen LogP contribution in [0.25, 0.3) is 10.8 Å². The Kier molecular flexibility index (Phi) is 4.37. The molecular formula is C18H11Cl2F3O. The summed E-state index contributed by atoms with van der Waals surface area (Å²) in [7, 11) is 0. The molecule has 0 atom stereocenters. The summed E-state index contributed by atoms with van der Waals surface area (Å²) in [6.07, 6.45) is -4.42. The summed E-state index contributed by atoms with van der Waals surface area (Å²) in [4.78, 5) is 0. The van der Waals surface area contributed by atoms with Crippen LogP contribution in [0.1, 0.15) is 11.1 Å². The zero-order valence-corrected chi connectivity index (χ0v) is 13.9. The number of alkyl halides is 3. The summed E-state index contributed by atoms with van der Waals surface area (Å²) < 4.78 is 43.9. The molecule has 0 aliphatic carbocycles. The van der Waals surface area contributed by atoms with Crippen molar-refractivity contribution in [2.45, 2.75) is 13.1 Å². The van der Waals surface area contributed by atoms with Gasteiger partial charge in [-0.15, -0.1) is 0 Å². The summed E-state index contributed by atoms with van der Waals surface area (Å²) in [6.45, 7) is 1.86. The van der Waals surface area contributed by atoms with Gasteiger partial charge in [0, 0.05) is 10.4 Å². The molecule has 0 bridgehead atoms. The summed E-state index contributed by atoms with van der Waals surface area (Å²) in [6, 6.07) is 11.5. The lowest BCUT2D eigenvalue weighted by Crippen LogP contribution is -2.04. The second-order valence-electron chi connectivity index (χ2n) is 5.35. The quantitative estimate of drug-likeness (QED) is 0.460. The maximum absolute atomic E-state index is 12.8. The number of aryl methyl sites for hydroxylation is 1. The van der Waals surface area contributed by atoms with Crippen LogP contribution in [0.4, 0.5) is 13.2 Å². The number of hydrogen-bond acceptors (Lipinski definition) is 1. The Morgan fingerprint density at radius 3 is 2.33 bits per heavy atom. The minimum absolute atomic E-state index is 0.105. The van der Waals surface area contributed by atoms with Gasteiger partial charge in [-0.05, 0) is 60.3 Å². The number of halogens is 5. The Morgan fingerprint density at radius 2 is 1.62 bits per heavy atom. The third kappa shape index (κ3) is 3.45. The molecule has 6 heteroatoms. The maximum Gasteiger partial charge on any atom is 0.416 e. The Labute approximate surface area is 146 Å². The molecule has 0 spiro atoms. The molecule has 0 N–H and O–H groups in total. The third-order valence-electron chi connectivity index (χ3n) is 3.56. The van der Waals surface area contributed by atoms with Crippen LogP contribution in [-0.4, -0.2) is 0 Å². The van der Waals surface area contributed by atoms with E-state index in [0.717, 1.165) is 28.5 Å². The van der Waals surface area contributed by atoms with Crippen LogP contribution >= 0.6 is 23.2 Å². The average Bonchev–Trinajstić information content (AvgIpc) is 2.48. The van der Waals surface area contributed by atoms with E-state index in [1.54, 1.807) is 24.3 Å². The van der Waals surface area contributed by atoms with Gasteiger partial charge in [0.2, 0.25) is 0 Å². The third-order valence-corrected chi connectivity index (χ3v) is 4.09. The van der Waals surface area contributed by atoms with Crippen LogP contribution in [0.2, 0.25) is 10.0 Å². The predicted octanol–water partition coefficient (Wildman–Crippen LogP) is 7.27. The normalized spacial score (nSPS) is 11.8. The Hall–Kier alpha value is -1.91. The highest BCUT2D eigenvalue weighted by atomic mass is 35.5. The number of rotatable bonds is 2. The minimum atomic E-state index is -4.42. The molecule has 3 rings (SSSR count). The van der Waals surface area contributed by atoms with Gasteiger partial charge < -0.3 is 4.74 Å². The standard InChI is InChI=1S/C18H11Cl2F3O/c1-10-5-14(9-16-15(10)7-12(19)8-17(16)20)24-13-4-2-3-11(6-13)18(21,22)23/h2-9H,1H3. The predicted molar refractivity (Wildman–Crippen MR) is 90.2 cm³/mol. The van der Waals surface area contributed by atoms with E-state index < -0.39 is 11.7 Å². The molecule has 0 radical (unpaired) electrons. The summed E-state index contributed by atoms with van der Waals surface area (Å²) in [5, 5.41) is 2.56. The highest BCUT2D eigenvalue weighted by Crippen LogP contribution is 2.36. The lowest BCUT2D eigenvalue weighted by molar-refractivity contribution is -0.137. The molecule has 3 aromatic carbocycles. The average molecular weight is 371 g/mol. The SMILES string of the molecule is Cc1cc(Oc2cccc(C(F)(F)F)c2)cc2c(Cl)cc(Cl)cc12. The first-order valence-corrected chi connectivity index (χ1v) is 7.74. The van der Waals surface area contributed by atoms with E-state index in [1.807, 2.05) is 6.92 Å². The van der Waals surface area contributed by atoms with Crippen LogP contribution in [0.3, 0.4) is 0 Å². The fourth-order valence-electron chi connectivity index (χ4n) is 2.46. The van der Waals surface area contributed by atoms with Gasteiger partial charge in [-0.25, -0.2) is 0 Å². The molecular weight excluding hydrogens is 360 g/mol. The molecule has 124 valence electrons. The van der Waals surface area contributed by atoms with E-state index in [0.29, 0.717) is 15.8 Å². The molecule has 0 unspecified atom stereocenters. The molecule has 0 fully saturated rings. The molecule has 0 aliphatic heterocycles. The van der Waals surface area contributed by atoms with E-state index in [-0.39, 0.29) is 5.75 Å². The van der Waals surface area contributed by atoms with Gasteiger partial charge in [-0.3, -0.25) is 0 Å². The lowest BCUT2D eigenvalue weighted by Gasteiger charge is -2.12. The first-order chi connectivity index (χ1) is 11.2. The molecule has 0 amide bonds. The van der Waals surface area contributed by atoms with Gasteiger partial charge in [0.1, 0.15) is 11.5 Å². The first kappa shape index (κ1) is 16.9. The Balaban J connectivity index is 2.02. The van der Waals surface area contributed by atoms with Crippen LogP contribution in [0.5, 0.6) is 11.5 Å². The van der Waals surface area contributed by atoms with Crippen molar-refractivity contribution in [3.63, 3.8) is 0 Å². The van der Waals surface area contributed by atoms with E-state index >= 15 is 0 Å². The second-order valence-corrected chi connectivity index (χ2v) is 6.19. The van der Waals surface area contributed by atoms with Crippen molar-refractivity contribution in [3.05, 3.63) is 69.7 Å². The van der Waals surface area contributed by atoms with Crippen molar-refractivity contribution < 1.29 is 17.9 Å².